The lowest BCUT2D eigenvalue weighted by Gasteiger charge is -2.37. The number of hydrogen-bond acceptors (Lipinski definition) is 4. The van der Waals surface area contributed by atoms with E-state index in [2.05, 4.69) is 5.32 Å². The van der Waals surface area contributed by atoms with Crippen LogP contribution in [0.3, 0.4) is 0 Å². The van der Waals surface area contributed by atoms with Crippen molar-refractivity contribution < 1.29 is 19.1 Å². The summed E-state index contributed by atoms with van der Waals surface area (Å²) < 4.78 is 5.17. The fraction of sp³-hybridized carbons (Fsp3) is 0.591. The molecule has 4 rings (SSSR count). The lowest BCUT2D eigenvalue weighted by molar-refractivity contribution is -0.131. The van der Waals surface area contributed by atoms with Gasteiger partial charge in [0.15, 0.2) is 0 Å². The van der Waals surface area contributed by atoms with Crippen LogP contribution in [0.15, 0.2) is 24.3 Å². The molecule has 8 nitrogen and oxygen atoms in total. The number of urea groups is 1. The molecule has 3 saturated heterocycles. The molecular weight excluding hydrogens is 384 g/mol. The van der Waals surface area contributed by atoms with E-state index in [-0.39, 0.29) is 17.8 Å². The number of hydrogen-bond donors (Lipinski definition) is 1. The third-order valence-corrected chi connectivity index (χ3v) is 6.66. The van der Waals surface area contributed by atoms with E-state index in [1.165, 1.54) is 0 Å². The molecule has 0 unspecified atom stereocenters. The molecule has 0 saturated carbocycles. The van der Waals surface area contributed by atoms with Crippen molar-refractivity contribution in [3.8, 4) is 5.75 Å². The lowest BCUT2D eigenvalue weighted by atomic mass is 9.82. The van der Waals surface area contributed by atoms with Gasteiger partial charge in [-0.15, -0.1) is 0 Å². The maximum atomic E-state index is 12.9. The largest absolute Gasteiger partial charge is 0.497 e. The molecule has 8 heteroatoms. The van der Waals surface area contributed by atoms with Crippen molar-refractivity contribution in [3.05, 3.63) is 29.8 Å². The van der Waals surface area contributed by atoms with Gasteiger partial charge in [0.1, 0.15) is 5.75 Å². The lowest BCUT2D eigenvalue weighted by Crippen LogP contribution is -2.43. The number of carbonyl (C=O) groups is 3. The summed E-state index contributed by atoms with van der Waals surface area (Å²) in [5, 5.41) is 2.80. The fourth-order valence-corrected chi connectivity index (χ4v) is 4.78. The van der Waals surface area contributed by atoms with Crippen molar-refractivity contribution in [3.63, 3.8) is 0 Å². The molecule has 3 aliphatic rings. The Morgan fingerprint density at radius 3 is 2.47 bits per heavy atom. The van der Waals surface area contributed by atoms with Crippen LogP contribution in [0.5, 0.6) is 5.75 Å². The van der Waals surface area contributed by atoms with Crippen molar-refractivity contribution in [1.82, 2.24) is 20.0 Å². The first-order valence-electron chi connectivity index (χ1n) is 10.8. The van der Waals surface area contributed by atoms with Gasteiger partial charge in [0, 0.05) is 57.8 Å². The number of amides is 4. The number of methoxy groups -OCH3 is 1. The molecule has 2 atom stereocenters. The SMILES string of the molecule is COc1ccc(C(=O)N2CC[C@H]3CC(=O)N(CCN4CCNC4=O)CC[C@H]3C2)cc1. The second-order valence-electron chi connectivity index (χ2n) is 8.38. The molecule has 0 aliphatic carbocycles. The van der Waals surface area contributed by atoms with E-state index in [0.29, 0.717) is 69.6 Å². The van der Waals surface area contributed by atoms with E-state index in [9.17, 15) is 14.4 Å². The van der Waals surface area contributed by atoms with Crippen LogP contribution in [0.1, 0.15) is 29.6 Å². The average Bonchev–Trinajstić information content (AvgIpc) is 3.11. The Hall–Kier alpha value is -2.77. The summed E-state index contributed by atoms with van der Waals surface area (Å²) in [6.07, 6.45) is 2.30. The van der Waals surface area contributed by atoms with Gasteiger partial charge in [0.2, 0.25) is 5.91 Å². The van der Waals surface area contributed by atoms with Gasteiger partial charge in [-0.3, -0.25) is 9.59 Å². The molecule has 1 N–H and O–H groups in total. The quantitative estimate of drug-likeness (QED) is 0.790. The van der Waals surface area contributed by atoms with Gasteiger partial charge < -0.3 is 24.8 Å². The Morgan fingerprint density at radius 1 is 1.03 bits per heavy atom. The third-order valence-electron chi connectivity index (χ3n) is 6.66. The highest BCUT2D eigenvalue weighted by atomic mass is 16.5. The zero-order valence-electron chi connectivity index (χ0n) is 17.5. The molecular formula is C22H30N4O4. The number of carbonyl (C=O) groups excluding carboxylic acids is 3. The molecule has 0 bridgehead atoms. The maximum absolute atomic E-state index is 12.9. The van der Waals surface area contributed by atoms with E-state index in [1.54, 1.807) is 24.1 Å². The Balaban J connectivity index is 1.34. The summed E-state index contributed by atoms with van der Waals surface area (Å²) in [6.45, 7) is 4.62. The van der Waals surface area contributed by atoms with Crippen LogP contribution in [0, 0.1) is 11.8 Å². The number of benzene rings is 1. The monoisotopic (exact) mass is 414 g/mol. The summed E-state index contributed by atoms with van der Waals surface area (Å²) in [4.78, 5) is 43.0. The third kappa shape index (κ3) is 4.37. The van der Waals surface area contributed by atoms with E-state index in [0.717, 1.165) is 18.6 Å². The molecule has 0 aromatic heterocycles. The molecule has 30 heavy (non-hydrogen) atoms. The van der Waals surface area contributed by atoms with Gasteiger partial charge in [-0.25, -0.2) is 4.79 Å². The number of rotatable bonds is 5. The standard InChI is InChI=1S/C22H30N4O4/c1-30-19-4-2-16(3-5-19)21(28)26-10-6-17-14-20(27)24(9-7-18(17)15-26)12-13-25-11-8-23-22(25)29/h2-5,17-18H,6-15H2,1H3,(H,23,29)/t17-,18-/m0/s1. The summed E-state index contributed by atoms with van der Waals surface area (Å²) in [5.74, 6) is 1.63. The van der Waals surface area contributed by atoms with Crippen molar-refractivity contribution >= 4 is 17.8 Å². The second-order valence-corrected chi connectivity index (χ2v) is 8.38. The van der Waals surface area contributed by atoms with Crippen LogP contribution < -0.4 is 10.1 Å². The Bertz CT molecular complexity index is 797. The molecule has 0 spiro atoms. The minimum atomic E-state index is -0.0429. The van der Waals surface area contributed by atoms with Crippen molar-refractivity contribution in [1.29, 1.82) is 0 Å². The topological polar surface area (TPSA) is 82.2 Å². The fourth-order valence-electron chi connectivity index (χ4n) is 4.78. The zero-order chi connectivity index (χ0) is 21.1. The zero-order valence-corrected chi connectivity index (χ0v) is 17.5. The second kappa shape index (κ2) is 8.93. The number of likely N-dealkylation sites (tertiary alicyclic amines) is 2. The minimum Gasteiger partial charge on any atom is -0.497 e. The van der Waals surface area contributed by atoms with Gasteiger partial charge >= 0.3 is 6.03 Å². The van der Waals surface area contributed by atoms with E-state index in [4.69, 9.17) is 4.74 Å². The van der Waals surface area contributed by atoms with Crippen LogP contribution in [-0.4, -0.2) is 85.5 Å². The molecule has 4 amide bonds. The molecule has 0 radical (unpaired) electrons. The average molecular weight is 415 g/mol. The van der Waals surface area contributed by atoms with Crippen LogP contribution in [0.4, 0.5) is 4.79 Å². The van der Waals surface area contributed by atoms with Crippen LogP contribution in [-0.2, 0) is 4.79 Å². The predicted octanol–water partition coefficient (Wildman–Crippen LogP) is 1.42. The molecule has 1 aromatic rings. The van der Waals surface area contributed by atoms with Crippen molar-refractivity contribution in [2.75, 3.05) is 52.9 Å². The smallest absolute Gasteiger partial charge is 0.317 e. The number of piperidine rings is 1. The molecule has 3 heterocycles. The molecule has 3 fully saturated rings. The molecule has 162 valence electrons. The van der Waals surface area contributed by atoms with Crippen LogP contribution in [0.2, 0.25) is 0 Å². The van der Waals surface area contributed by atoms with Crippen LogP contribution >= 0.6 is 0 Å². The molecule has 1 aromatic carbocycles. The normalized spacial score (nSPS) is 24.4. The summed E-state index contributed by atoms with van der Waals surface area (Å²) in [6, 6.07) is 7.19. The Labute approximate surface area is 177 Å². The van der Waals surface area contributed by atoms with Crippen LogP contribution in [0.25, 0.3) is 0 Å². The highest BCUT2D eigenvalue weighted by Crippen LogP contribution is 2.33. The van der Waals surface area contributed by atoms with E-state index in [1.807, 2.05) is 21.9 Å². The highest BCUT2D eigenvalue weighted by molar-refractivity contribution is 5.94. The highest BCUT2D eigenvalue weighted by Gasteiger charge is 2.36. The number of nitrogens with one attached hydrogen (secondary N) is 1. The van der Waals surface area contributed by atoms with Gasteiger partial charge in [-0.2, -0.15) is 0 Å². The summed E-state index contributed by atoms with van der Waals surface area (Å²) >= 11 is 0. The Kier molecular flexibility index (Phi) is 6.11. The first kappa shape index (κ1) is 20.5. The first-order valence-corrected chi connectivity index (χ1v) is 10.8. The van der Waals surface area contributed by atoms with Gasteiger partial charge in [-0.05, 0) is 48.9 Å². The number of fused-ring (bicyclic) bond motifs is 1. The number of nitrogens with zero attached hydrogens (tertiary/aromatic N) is 3. The minimum absolute atomic E-state index is 0.0429. The molecule has 3 aliphatic heterocycles. The number of ether oxygens (including phenoxy) is 1. The summed E-state index contributed by atoms with van der Waals surface area (Å²) in [5.41, 5.74) is 0.671. The first-order chi connectivity index (χ1) is 14.5. The van der Waals surface area contributed by atoms with Crippen molar-refractivity contribution in [2.45, 2.75) is 19.3 Å². The van der Waals surface area contributed by atoms with Crippen molar-refractivity contribution in [2.24, 2.45) is 11.8 Å². The van der Waals surface area contributed by atoms with Gasteiger partial charge in [0.25, 0.3) is 5.91 Å². The van der Waals surface area contributed by atoms with Gasteiger partial charge in [-0.1, -0.05) is 0 Å². The van der Waals surface area contributed by atoms with E-state index >= 15 is 0 Å². The predicted molar refractivity (Wildman–Crippen MR) is 111 cm³/mol. The Morgan fingerprint density at radius 2 is 1.77 bits per heavy atom. The van der Waals surface area contributed by atoms with Gasteiger partial charge in [0.05, 0.1) is 7.11 Å². The summed E-state index contributed by atoms with van der Waals surface area (Å²) in [7, 11) is 1.61. The maximum Gasteiger partial charge on any atom is 0.317 e. The van der Waals surface area contributed by atoms with E-state index < -0.39 is 0 Å².